The second kappa shape index (κ2) is 6.43. The van der Waals surface area contributed by atoms with Crippen molar-refractivity contribution in [2.45, 2.75) is 19.3 Å². The van der Waals surface area contributed by atoms with E-state index in [1.807, 2.05) is 35.2 Å². The highest BCUT2D eigenvalue weighted by molar-refractivity contribution is 5.86. The third kappa shape index (κ3) is 3.34. The highest BCUT2D eigenvalue weighted by Gasteiger charge is 2.51. The molecule has 1 N–H and O–H groups in total. The molecule has 4 heteroatoms. The highest BCUT2D eigenvalue weighted by atomic mass is 16.3. The maximum absolute atomic E-state index is 13.1. The molecule has 1 amide bonds. The fraction of sp³-hybridized carbons (Fsp3) is 0.381. The molecule has 1 aliphatic heterocycles. The van der Waals surface area contributed by atoms with Crippen LogP contribution in [0.4, 0.5) is 5.69 Å². The van der Waals surface area contributed by atoms with Gasteiger partial charge in [0.15, 0.2) is 0 Å². The molecule has 0 bridgehead atoms. The standard InChI is InChI=1S/C21H24N2O2/c24-19-8-4-7-18(15-19)22-11-13-23(14-12-22)20(25)21(9-10-21)16-17-5-2-1-3-6-17/h1-8,15,24H,9-14,16H2. The summed E-state index contributed by atoms with van der Waals surface area (Å²) in [5.41, 5.74) is 2.12. The molecule has 0 unspecified atom stereocenters. The van der Waals surface area contributed by atoms with Crippen molar-refractivity contribution >= 4 is 11.6 Å². The number of anilines is 1. The van der Waals surface area contributed by atoms with Crippen LogP contribution in [0.15, 0.2) is 54.6 Å². The summed E-state index contributed by atoms with van der Waals surface area (Å²) >= 11 is 0. The number of piperazine rings is 1. The lowest BCUT2D eigenvalue weighted by Crippen LogP contribution is -2.51. The molecule has 0 atom stereocenters. The number of carbonyl (C=O) groups excluding carboxylic acids is 1. The summed E-state index contributed by atoms with van der Waals surface area (Å²) in [5.74, 6) is 0.614. The van der Waals surface area contributed by atoms with Crippen molar-refractivity contribution in [3.05, 3.63) is 60.2 Å². The molecular formula is C21H24N2O2. The number of phenols is 1. The first-order chi connectivity index (χ1) is 12.2. The number of amides is 1. The van der Waals surface area contributed by atoms with Gasteiger partial charge in [-0.05, 0) is 37.0 Å². The topological polar surface area (TPSA) is 43.8 Å². The first-order valence-corrected chi connectivity index (χ1v) is 9.04. The van der Waals surface area contributed by atoms with Crippen LogP contribution in [0.3, 0.4) is 0 Å². The van der Waals surface area contributed by atoms with Gasteiger partial charge in [0.2, 0.25) is 5.91 Å². The Morgan fingerprint density at radius 3 is 2.32 bits per heavy atom. The van der Waals surface area contributed by atoms with Gasteiger partial charge in [0.25, 0.3) is 0 Å². The SMILES string of the molecule is O=C(N1CCN(c2cccc(O)c2)CC1)C1(Cc2ccccc2)CC1. The molecule has 2 fully saturated rings. The molecule has 0 aromatic heterocycles. The maximum Gasteiger partial charge on any atom is 0.229 e. The van der Waals surface area contributed by atoms with E-state index in [4.69, 9.17) is 0 Å². The number of carbonyl (C=O) groups is 1. The smallest absolute Gasteiger partial charge is 0.229 e. The molecular weight excluding hydrogens is 312 g/mol. The van der Waals surface area contributed by atoms with Crippen molar-refractivity contribution in [3.8, 4) is 5.75 Å². The first kappa shape index (κ1) is 16.0. The van der Waals surface area contributed by atoms with Crippen molar-refractivity contribution in [3.63, 3.8) is 0 Å². The minimum Gasteiger partial charge on any atom is -0.508 e. The fourth-order valence-electron chi connectivity index (χ4n) is 3.80. The summed E-state index contributed by atoms with van der Waals surface area (Å²) in [5, 5.41) is 9.65. The van der Waals surface area contributed by atoms with Crippen molar-refractivity contribution in [1.82, 2.24) is 4.90 Å². The fourth-order valence-corrected chi connectivity index (χ4v) is 3.80. The number of aromatic hydroxyl groups is 1. The second-order valence-corrected chi connectivity index (χ2v) is 7.24. The summed E-state index contributed by atoms with van der Waals surface area (Å²) in [6.45, 7) is 3.14. The lowest BCUT2D eigenvalue weighted by Gasteiger charge is -2.37. The van der Waals surface area contributed by atoms with E-state index in [9.17, 15) is 9.90 Å². The Bertz CT molecular complexity index is 748. The Balaban J connectivity index is 1.38. The molecule has 1 saturated heterocycles. The zero-order valence-corrected chi connectivity index (χ0v) is 14.4. The maximum atomic E-state index is 13.1. The second-order valence-electron chi connectivity index (χ2n) is 7.24. The molecule has 2 aliphatic rings. The van der Waals surface area contributed by atoms with Crippen LogP contribution in [0, 0.1) is 5.41 Å². The van der Waals surface area contributed by atoms with Gasteiger partial charge in [-0.2, -0.15) is 0 Å². The Morgan fingerprint density at radius 2 is 1.68 bits per heavy atom. The lowest BCUT2D eigenvalue weighted by molar-refractivity contribution is -0.137. The quantitative estimate of drug-likeness (QED) is 0.933. The summed E-state index contributed by atoms with van der Waals surface area (Å²) in [4.78, 5) is 17.3. The molecule has 2 aromatic rings. The molecule has 130 valence electrons. The Hall–Kier alpha value is -2.49. The summed E-state index contributed by atoms with van der Waals surface area (Å²) in [7, 11) is 0. The Labute approximate surface area is 148 Å². The van der Waals surface area contributed by atoms with Gasteiger partial charge in [-0.15, -0.1) is 0 Å². The van der Waals surface area contributed by atoms with E-state index in [0.717, 1.165) is 51.1 Å². The molecule has 2 aromatic carbocycles. The van der Waals surface area contributed by atoms with E-state index in [1.54, 1.807) is 12.1 Å². The van der Waals surface area contributed by atoms with Crippen LogP contribution in [-0.2, 0) is 11.2 Å². The van der Waals surface area contributed by atoms with Crippen LogP contribution in [0.5, 0.6) is 5.75 Å². The number of rotatable bonds is 4. The van der Waals surface area contributed by atoms with Gasteiger partial charge in [-0.25, -0.2) is 0 Å². The van der Waals surface area contributed by atoms with Crippen LogP contribution in [0.2, 0.25) is 0 Å². The van der Waals surface area contributed by atoms with Gasteiger partial charge in [-0.1, -0.05) is 36.4 Å². The summed E-state index contributed by atoms with van der Waals surface area (Å²) < 4.78 is 0. The average Bonchev–Trinajstić information content (AvgIpc) is 3.43. The highest BCUT2D eigenvalue weighted by Crippen LogP contribution is 2.50. The lowest BCUT2D eigenvalue weighted by atomic mass is 9.94. The minimum absolute atomic E-state index is 0.158. The zero-order valence-electron chi connectivity index (χ0n) is 14.4. The van der Waals surface area contributed by atoms with Gasteiger partial charge in [0.05, 0.1) is 5.41 Å². The zero-order chi connectivity index (χ0) is 17.3. The normalized spacial score (nSPS) is 18.9. The van der Waals surface area contributed by atoms with Crippen molar-refractivity contribution < 1.29 is 9.90 Å². The van der Waals surface area contributed by atoms with Gasteiger partial charge in [0.1, 0.15) is 5.75 Å². The third-order valence-corrected chi connectivity index (χ3v) is 5.45. The van der Waals surface area contributed by atoms with E-state index in [1.165, 1.54) is 5.56 Å². The minimum atomic E-state index is -0.158. The predicted molar refractivity (Wildman–Crippen MR) is 98.7 cm³/mol. The van der Waals surface area contributed by atoms with E-state index >= 15 is 0 Å². The van der Waals surface area contributed by atoms with Crippen molar-refractivity contribution in [2.24, 2.45) is 5.41 Å². The average molecular weight is 336 g/mol. The number of benzene rings is 2. The molecule has 1 saturated carbocycles. The van der Waals surface area contributed by atoms with Crippen molar-refractivity contribution in [2.75, 3.05) is 31.1 Å². The Morgan fingerprint density at radius 1 is 0.960 bits per heavy atom. The van der Waals surface area contributed by atoms with Gasteiger partial charge in [-0.3, -0.25) is 4.79 Å². The van der Waals surface area contributed by atoms with Gasteiger partial charge in [0, 0.05) is 37.9 Å². The molecule has 0 radical (unpaired) electrons. The van der Waals surface area contributed by atoms with Crippen molar-refractivity contribution in [1.29, 1.82) is 0 Å². The van der Waals surface area contributed by atoms with Crippen LogP contribution in [0.1, 0.15) is 18.4 Å². The van der Waals surface area contributed by atoms with Gasteiger partial charge >= 0.3 is 0 Å². The van der Waals surface area contributed by atoms with E-state index < -0.39 is 0 Å². The largest absolute Gasteiger partial charge is 0.508 e. The van der Waals surface area contributed by atoms with Gasteiger partial charge < -0.3 is 14.9 Å². The number of nitrogens with zero attached hydrogens (tertiary/aromatic N) is 2. The molecule has 4 nitrogen and oxygen atoms in total. The third-order valence-electron chi connectivity index (χ3n) is 5.45. The van der Waals surface area contributed by atoms with Crippen LogP contribution >= 0.6 is 0 Å². The molecule has 4 rings (SSSR count). The van der Waals surface area contributed by atoms with E-state index in [2.05, 4.69) is 17.0 Å². The monoisotopic (exact) mass is 336 g/mol. The predicted octanol–water partition coefficient (Wildman–Crippen LogP) is 3.06. The molecule has 25 heavy (non-hydrogen) atoms. The first-order valence-electron chi connectivity index (χ1n) is 9.04. The summed E-state index contributed by atoms with van der Waals surface area (Å²) in [6, 6.07) is 17.7. The Kier molecular flexibility index (Phi) is 4.12. The van der Waals surface area contributed by atoms with Crippen LogP contribution < -0.4 is 4.90 Å². The van der Waals surface area contributed by atoms with E-state index in [-0.39, 0.29) is 11.2 Å². The van der Waals surface area contributed by atoms with E-state index in [0.29, 0.717) is 5.91 Å². The molecule has 1 aliphatic carbocycles. The number of hydrogen-bond acceptors (Lipinski definition) is 3. The summed E-state index contributed by atoms with van der Waals surface area (Å²) in [6.07, 6.45) is 2.88. The number of hydrogen-bond donors (Lipinski definition) is 1. The molecule has 1 heterocycles. The van der Waals surface area contributed by atoms with Crippen LogP contribution in [-0.4, -0.2) is 42.1 Å². The van der Waals surface area contributed by atoms with Crippen LogP contribution in [0.25, 0.3) is 0 Å². The molecule has 0 spiro atoms. The number of phenolic OH excluding ortho intramolecular Hbond substituents is 1.